The van der Waals surface area contributed by atoms with Crippen LogP contribution in [0.25, 0.3) is 0 Å². The lowest BCUT2D eigenvalue weighted by atomic mass is 10.1. The summed E-state index contributed by atoms with van der Waals surface area (Å²) in [5.74, 6) is 1.20. The van der Waals surface area contributed by atoms with Crippen molar-refractivity contribution in [3.05, 3.63) is 11.9 Å². The van der Waals surface area contributed by atoms with Gasteiger partial charge in [0.05, 0.1) is 5.92 Å². The third-order valence-electron chi connectivity index (χ3n) is 2.91. The maximum absolute atomic E-state index is 11.5. The molecule has 0 saturated carbocycles. The molecule has 0 aliphatic rings. The van der Waals surface area contributed by atoms with Gasteiger partial charge in [-0.3, -0.25) is 4.79 Å². The van der Waals surface area contributed by atoms with Crippen LogP contribution in [0, 0.1) is 5.92 Å². The molecule has 100 valence electrons. The van der Waals surface area contributed by atoms with Crippen LogP contribution in [-0.2, 0) is 11.2 Å². The van der Waals surface area contributed by atoms with Crippen LogP contribution >= 0.6 is 0 Å². The summed E-state index contributed by atoms with van der Waals surface area (Å²) in [6.45, 7) is 4.48. The van der Waals surface area contributed by atoms with Crippen LogP contribution in [-0.4, -0.2) is 36.5 Å². The summed E-state index contributed by atoms with van der Waals surface area (Å²) in [5, 5.41) is 2.64. The monoisotopic (exact) mass is 251 g/mol. The van der Waals surface area contributed by atoms with Gasteiger partial charge in [0, 0.05) is 26.2 Å². The molecule has 1 amide bonds. The Morgan fingerprint density at radius 3 is 2.78 bits per heavy atom. The number of nitrogens with two attached hydrogens (primary N) is 1. The van der Waals surface area contributed by atoms with Gasteiger partial charge in [-0.2, -0.15) is 0 Å². The predicted octanol–water partition coefficient (Wildman–Crippen LogP) is 0.440. The molecule has 0 radical (unpaired) electrons. The molecule has 0 saturated heterocycles. The van der Waals surface area contributed by atoms with E-state index >= 15 is 0 Å². The zero-order chi connectivity index (χ0) is 13.7. The highest BCUT2D eigenvalue weighted by Crippen LogP contribution is 2.21. The topological polar surface area (TPSA) is 84.1 Å². The smallest absolute Gasteiger partial charge is 0.224 e. The maximum Gasteiger partial charge on any atom is 0.224 e. The van der Waals surface area contributed by atoms with Crippen molar-refractivity contribution in [3.8, 4) is 0 Å². The Kier molecular flexibility index (Phi) is 4.88. The Balaban J connectivity index is 2.87. The molecular weight excluding hydrogens is 230 g/mol. The van der Waals surface area contributed by atoms with E-state index in [9.17, 15) is 4.79 Å². The van der Waals surface area contributed by atoms with Gasteiger partial charge in [-0.25, -0.2) is 9.97 Å². The normalized spacial score (nSPS) is 12.0. The van der Waals surface area contributed by atoms with Crippen LogP contribution in [0.15, 0.2) is 6.33 Å². The number of amides is 1. The number of rotatable bonds is 5. The van der Waals surface area contributed by atoms with E-state index in [0.717, 1.165) is 17.8 Å². The molecule has 0 aliphatic carbocycles. The molecule has 1 aromatic heterocycles. The van der Waals surface area contributed by atoms with Crippen LogP contribution in [0.2, 0.25) is 0 Å². The average Bonchev–Trinajstić information content (AvgIpc) is 2.37. The van der Waals surface area contributed by atoms with Crippen molar-refractivity contribution in [2.24, 2.45) is 5.92 Å². The highest BCUT2D eigenvalue weighted by atomic mass is 16.1. The van der Waals surface area contributed by atoms with Gasteiger partial charge in [-0.05, 0) is 6.42 Å². The van der Waals surface area contributed by atoms with Gasteiger partial charge in [-0.15, -0.1) is 0 Å². The molecule has 1 unspecified atom stereocenters. The standard InChI is InChI=1S/C12H21N5O/c1-5-9-10(13)15-7-16-11(9)17(4)6-8(2)12(18)14-3/h7-8H,5-6H2,1-4H3,(H,14,18)(H2,13,15,16). The number of hydrogen-bond acceptors (Lipinski definition) is 5. The second-order valence-electron chi connectivity index (χ2n) is 4.31. The zero-order valence-electron chi connectivity index (χ0n) is 11.4. The molecule has 6 heteroatoms. The molecule has 0 aromatic carbocycles. The summed E-state index contributed by atoms with van der Waals surface area (Å²) in [6, 6.07) is 0. The highest BCUT2D eigenvalue weighted by molar-refractivity contribution is 5.78. The summed E-state index contributed by atoms with van der Waals surface area (Å²) in [7, 11) is 3.54. The number of carbonyl (C=O) groups is 1. The first-order chi connectivity index (χ1) is 8.51. The summed E-state index contributed by atoms with van der Waals surface area (Å²) in [6.07, 6.45) is 2.21. The Labute approximate surface area is 108 Å². The van der Waals surface area contributed by atoms with Crippen LogP contribution in [0.1, 0.15) is 19.4 Å². The first kappa shape index (κ1) is 14.2. The Hall–Kier alpha value is -1.85. The number of carbonyl (C=O) groups excluding carboxylic acids is 1. The van der Waals surface area contributed by atoms with Crippen molar-refractivity contribution in [1.29, 1.82) is 0 Å². The zero-order valence-corrected chi connectivity index (χ0v) is 11.4. The van der Waals surface area contributed by atoms with Crippen LogP contribution in [0.3, 0.4) is 0 Å². The first-order valence-corrected chi connectivity index (χ1v) is 6.03. The van der Waals surface area contributed by atoms with Gasteiger partial charge in [-0.1, -0.05) is 13.8 Å². The molecule has 0 fully saturated rings. The molecule has 1 aromatic rings. The lowest BCUT2D eigenvalue weighted by Crippen LogP contribution is -2.35. The predicted molar refractivity (Wildman–Crippen MR) is 72.3 cm³/mol. The number of nitrogens with zero attached hydrogens (tertiary/aromatic N) is 3. The van der Waals surface area contributed by atoms with E-state index in [1.807, 2.05) is 25.8 Å². The van der Waals surface area contributed by atoms with Gasteiger partial charge in [0.15, 0.2) is 0 Å². The van der Waals surface area contributed by atoms with Gasteiger partial charge in [0.2, 0.25) is 5.91 Å². The van der Waals surface area contributed by atoms with E-state index in [2.05, 4.69) is 15.3 Å². The Bertz CT molecular complexity index is 421. The second kappa shape index (κ2) is 6.18. The van der Waals surface area contributed by atoms with E-state index in [1.165, 1.54) is 6.33 Å². The molecule has 6 nitrogen and oxygen atoms in total. The highest BCUT2D eigenvalue weighted by Gasteiger charge is 2.17. The molecule has 0 aliphatic heterocycles. The fourth-order valence-corrected chi connectivity index (χ4v) is 1.91. The van der Waals surface area contributed by atoms with Crippen molar-refractivity contribution >= 4 is 17.5 Å². The van der Waals surface area contributed by atoms with Gasteiger partial charge >= 0.3 is 0 Å². The van der Waals surface area contributed by atoms with Gasteiger partial charge < -0.3 is 16.0 Å². The Morgan fingerprint density at radius 1 is 1.56 bits per heavy atom. The van der Waals surface area contributed by atoms with Gasteiger partial charge in [0.1, 0.15) is 18.0 Å². The third-order valence-corrected chi connectivity index (χ3v) is 2.91. The molecular formula is C12H21N5O. The maximum atomic E-state index is 11.5. The molecule has 0 bridgehead atoms. The molecule has 0 spiro atoms. The van der Waals surface area contributed by atoms with Crippen molar-refractivity contribution in [1.82, 2.24) is 15.3 Å². The quantitative estimate of drug-likeness (QED) is 0.793. The van der Waals surface area contributed by atoms with E-state index in [1.54, 1.807) is 7.05 Å². The molecule has 18 heavy (non-hydrogen) atoms. The minimum Gasteiger partial charge on any atom is -0.383 e. The Morgan fingerprint density at radius 2 is 2.22 bits per heavy atom. The first-order valence-electron chi connectivity index (χ1n) is 6.03. The lowest BCUT2D eigenvalue weighted by molar-refractivity contribution is -0.123. The van der Waals surface area contributed by atoms with Crippen molar-refractivity contribution in [3.63, 3.8) is 0 Å². The number of anilines is 2. The summed E-state index contributed by atoms with van der Waals surface area (Å²) in [4.78, 5) is 21.7. The molecule has 1 rings (SSSR count). The molecule has 1 atom stereocenters. The number of hydrogen-bond donors (Lipinski definition) is 2. The summed E-state index contributed by atoms with van der Waals surface area (Å²) < 4.78 is 0. The van der Waals surface area contributed by atoms with E-state index < -0.39 is 0 Å². The van der Waals surface area contributed by atoms with Crippen molar-refractivity contribution in [2.45, 2.75) is 20.3 Å². The third kappa shape index (κ3) is 3.09. The largest absolute Gasteiger partial charge is 0.383 e. The number of aromatic nitrogens is 2. The summed E-state index contributed by atoms with van der Waals surface area (Å²) in [5.41, 5.74) is 6.75. The van der Waals surface area contributed by atoms with Crippen LogP contribution in [0.5, 0.6) is 0 Å². The molecule has 3 N–H and O–H groups in total. The minimum absolute atomic E-state index is 0.0157. The van der Waals surface area contributed by atoms with E-state index in [0.29, 0.717) is 12.4 Å². The van der Waals surface area contributed by atoms with Crippen molar-refractivity contribution < 1.29 is 4.79 Å². The van der Waals surface area contributed by atoms with Gasteiger partial charge in [0.25, 0.3) is 0 Å². The van der Waals surface area contributed by atoms with E-state index in [4.69, 9.17) is 5.73 Å². The number of nitrogen functional groups attached to an aromatic ring is 1. The lowest BCUT2D eigenvalue weighted by Gasteiger charge is -2.23. The second-order valence-corrected chi connectivity index (χ2v) is 4.31. The minimum atomic E-state index is -0.110. The van der Waals surface area contributed by atoms with E-state index in [-0.39, 0.29) is 11.8 Å². The molecule has 1 heterocycles. The fourth-order valence-electron chi connectivity index (χ4n) is 1.91. The van der Waals surface area contributed by atoms with Crippen molar-refractivity contribution in [2.75, 3.05) is 31.3 Å². The van der Waals surface area contributed by atoms with Crippen LogP contribution in [0.4, 0.5) is 11.6 Å². The summed E-state index contributed by atoms with van der Waals surface area (Å²) >= 11 is 0. The fraction of sp³-hybridized carbons (Fsp3) is 0.583. The average molecular weight is 251 g/mol. The van der Waals surface area contributed by atoms with Crippen LogP contribution < -0.4 is 16.0 Å². The SMILES string of the molecule is CCc1c(N)ncnc1N(C)CC(C)C(=O)NC. The number of nitrogens with one attached hydrogen (secondary N) is 1.